The van der Waals surface area contributed by atoms with Crippen LogP contribution in [0.5, 0.6) is 0 Å². The van der Waals surface area contributed by atoms with Gasteiger partial charge in [0, 0.05) is 18.7 Å². The molecule has 1 amide bonds. The first-order valence-corrected chi connectivity index (χ1v) is 7.45. The highest BCUT2D eigenvalue weighted by atomic mass is 16.2. The Labute approximate surface area is 114 Å². The lowest BCUT2D eigenvalue weighted by molar-refractivity contribution is -0.121. The Morgan fingerprint density at radius 1 is 1.26 bits per heavy atom. The van der Waals surface area contributed by atoms with Crippen molar-refractivity contribution in [2.75, 3.05) is 11.9 Å². The summed E-state index contributed by atoms with van der Waals surface area (Å²) in [5.41, 5.74) is 2.36. The average Bonchev–Trinajstić information content (AvgIpc) is 3.07. The molecule has 0 bridgehead atoms. The summed E-state index contributed by atoms with van der Waals surface area (Å²) < 4.78 is 0. The number of para-hydroxylation sites is 1. The monoisotopic (exact) mass is 258 g/mol. The molecule has 3 heteroatoms. The number of anilines is 1. The molecule has 0 spiro atoms. The van der Waals surface area contributed by atoms with E-state index in [2.05, 4.69) is 16.7 Å². The quantitative estimate of drug-likeness (QED) is 0.872. The number of carbonyl (C=O) groups excluding carboxylic acids is 1. The van der Waals surface area contributed by atoms with Gasteiger partial charge in [0.25, 0.3) is 0 Å². The fraction of sp³-hybridized carbons (Fsp3) is 0.562. The maximum absolute atomic E-state index is 12.1. The van der Waals surface area contributed by atoms with Crippen LogP contribution in [0, 0.1) is 5.92 Å². The summed E-state index contributed by atoms with van der Waals surface area (Å²) in [5.74, 6) is 0.989. The minimum atomic E-state index is -0.0824. The molecule has 0 radical (unpaired) electrons. The molecule has 1 fully saturated rings. The van der Waals surface area contributed by atoms with Crippen LogP contribution in [-0.2, 0) is 11.2 Å². The summed E-state index contributed by atoms with van der Waals surface area (Å²) in [4.78, 5) is 12.1. The Morgan fingerprint density at radius 2 is 2.05 bits per heavy atom. The van der Waals surface area contributed by atoms with E-state index in [0.717, 1.165) is 31.0 Å². The van der Waals surface area contributed by atoms with Crippen LogP contribution in [0.2, 0.25) is 0 Å². The van der Waals surface area contributed by atoms with Gasteiger partial charge in [0.2, 0.25) is 5.91 Å². The van der Waals surface area contributed by atoms with Crippen LogP contribution in [0.3, 0.4) is 0 Å². The van der Waals surface area contributed by atoms with E-state index < -0.39 is 0 Å². The van der Waals surface area contributed by atoms with Gasteiger partial charge in [-0.2, -0.15) is 0 Å². The Hall–Kier alpha value is -1.51. The van der Waals surface area contributed by atoms with Gasteiger partial charge in [-0.25, -0.2) is 0 Å². The molecule has 0 aromatic heterocycles. The molecule has 3 rings (SSSR count). The Kier molecular flexibility index (Phi) is 3.72. The third-order valence-electron chi connectivity index (χ3n) is 4.41. The second kappa shape index (κ2) is 5.64. The third-order valence-corrected chi connectivity index (χ3v) is 4.41. The van der Waals surface area contributed by atoms with Gasteiger partial charge in [-0.05, 0) is 24.0 Å². The van der Waals surface area contributed by atoms with Gasteiger partial charge in [0.1, 0.15) is 6.04 Å². The number of carbonyl (C=O) groups is 1. The van der Waals surface area contributed by atoms with Crippen LogP contribution in [0.4, 0.5) is 5.69 Å². The van der Waals surface area contributed by atoms with E-state index in [1.165, 1.54) is 31.2 Å². The highest BCUT2D eigenvalue weighted by Crippen LogP contribution is 2.27. The molecule has 0 unspecified atom stereocenters. The molecule has 3 nitrogen and oxygen atoms in total. The fourth-order valence-corrected chi connectivity index (χ4v) is 3.28. The van der Waals surface area contributed by atoms with Gasteiger partial charge in [-0.1, -0.05) is 43.9 Å². The molecule has 2 N–H and O–H groups in total. The number of rotatable bonds is 4. The number of fused-ring (bicyclic) bond motifs is 1. The largest absolute Gasteiger partial charge is 0.373 e. The van der Waals surface area contributed by atoms with E-state index in [4.69, 9.17) is 0 Å². The van der Waals surface area contributed by atoms with Crippen LogP contribution in [0.25, 0.3) is 0 Å². The molecule has 1 aliphatic carbocycles. The second-order valence-electron chi connectivity index (χ2n) is 5.79. The van der Waals surface area contributed by atoms with E-state index in [0.29, 0.717) is 0 Å². The number of nitrogens with one attached hydrogen (secondary N) is 2. The third kappa shape index (κ3) is 2.91. The van der Waals surface area contributed by atoms with Gasteiger partial charge < -0.3 is 10.6 Å². The summed E-state index contributed by atoms with van der Waals surface area (Å²) in [6, 6.07) is 8.09. The molecule has 19 heavy (non-hydrogen) atoms. The minimum absolute atomic E-state index is 0.0824. The highest BCUT2D eigenvalue weighted by molar-refractivity contribution is 5.87. The average molecular weight is 258 g/mol. The van der Waals surface area contributed by atoms with E-state index >= 15 is 0 Å². The molecule has 1 aliphatic heterocycles. The van der Waals surface area contributed by atoms with Crippen molar-refractivity contribution in [2.45, 2.75) is 44.6 Å². The van der Waals surface area contributed by atoms with Crippen LogP contribution in [-0.4, -0.2) is 18.5 Å². The lowest BCUT2D eigenvalue weighted by Crippen LogP contribution is -2.39. The van der Waals surface area contributed by atoms with Crippen molar-refractivity contribution in [3.63, 3.8) is 0 Å². The Morgan fingerprint density at radius 3 is 2.84 bits per heavy atom. The number of hydrogen-bond donors (Lipinski definition) is 2. The molecule has 1 aromatic carbocycles. The smallest absolute Gasteiger partial charge is 0.242 e. The molecular formula is C16H22N2O. The van der Waals surface area contributed by atoms with Gasteiger partial charge in [0.15, 0.2) is 0 Å². The van der Waals surface area contributed by atoms with E-state index in [1.54, 1.807) is 0 Å². The van der Waals surface area contributed by atoms with Crippen LogP contribution >= 0.6 is 0 Å². The summed E-state index contributed by atoms with van der Waals surface area (Å²) >= 11 is 0. The van der Waals surface area contributed by atoms with Crippen molar-refractivity contribution in [1.82, 2.24) is 5.32 Å². The van der Waals surface area contributed by atoms with Gasteiger partial charge >= 0.3 is 0 Å². The Balaban J connectivity index is 1.44. The zero-order chi connectivity index (χ0) is 13.1. The fourth-order valence-electron chi connectivity index (χ4n) is 3.28. The molecule has 1 atom stereocenters. The molecule has 0 saturated heterocycles. The predicted molar refractivity (Wildman–Crippen MR) is 77.1 cm³/mol. The molecule has 1 aromatic rings. The SMILES string of the molecule is O=C(NCCC1CCCC1)[C@@H]1Cc2ccccc2N1. The normalized spacial score (nSPS) is 22.0. The summed E-state index contributed by atoms with van der Waals surface area (Å²) in [6.07, 6.45) is 7.40. The van der Waals surface area contributed by atoms with Crippen molar-refractivity contribution in [2.24, 2.45) is 5.92 Å². The Bertz CT molecular complexity index is 427. The van der Waals surface area contributed by atoms with Crippen LogP contribution in [0.15, 0.2) is 24.3 Å². The van der Waals surface area contributed by atoms with E-state index in [-0.39, 0.29) is 11.9 Å². The summed E-state index contributed by atoms with van der Waals surface area (Å²) in [5, 5.41) is 6.39. The lowest BCUT2D eigenvalue weighted by Gasteiger charge is -2.13. The van der Waals surface area contributed by atoms with Crippen molar-refractivity contribution in [3.05, 3.63) is 29.8 Å². The van der Waals surface area contributed by atoms with Gasteiger partial charge in [0.05, 0.1) is 0 Å². The minimum Gasteiger partial charge on any atom is -0.373 e. The lowest BCUT2D eigenvalue weighted by atomic mass is 10.0. The second-order valence-corrected chi connectivity index (χ2v) is 5.79. The van der Waals surface area contributed by atoms with Gasteiger partial charge in [-0.3, -0.25) is 4.79 Å². The van der Waals surface area contributed by atoms with Crippen LogP contribution < -0.4 is 10.6 Å². The van der Waals surface area contributed by atoms with Crippen molar-refractivity contribution in [1.29, 1.82) is 0 Å². The molecular weight excluding hydrogens is 236 g/mol. The zero-order valence-corrected chi connectivity index (χ0v) is 11.3. The number of benzene rings is 1. The van der Waals surface area contributed by atoms with Gasteiger partial charge in [-0.15, -0.1) is 0 Å². The predicted octanol–water partition coefficient (Wildman–Crippen LogP) is 2.72. The van der Waals surface area contributed by atoms with Crippen LogP contribution in [0.1, 0.15) is 37.7 Å². The number of hydrogen-bond acceptors (Lipinski definition) is 2. The first-order chi connectivity index (χ1) is 9.33. The first kappa shape index (κ1) is 12.5. The molecule has 1 saturated carbocycles. The number of amides is 1. The van der Waals surface area contributed by atoms with E-state index in [9.17, 15) is 4.79 Å². The van der Waals surface area contributed by atoms with Crippen molar-refractivity contribution >= 4 is 11.6 Å². The van der Waals surface area contributed by atoms with Crippen molar-refractivity contribution in [3.8, 4) is 0 Å². The summed E-state index contributed by atoms with van der Waals surface area (Å²) in [6.45, 7) is 0.831. The maximum atomic E-state index is 12.1. The topological polar surface area (TPSA) is 41.1 Å². The molecule has 102 valence electrons. The molecule has 1 heterocycles. The maximum Gasteiger partial charge on any atom is 0.242 e. The zero-order valence-electron chi connectivity index (χ0n) is 11.3. The standard InChI is InChI=1S/C16H22N2O/c19-16(17-10-9-12-5-1-2-6-12)15-11-13-7-3-4-8-14(13)18-15/h3-4,7-8,12,15,18H,1-2,5-6,9-11H2,(H,17,19)/t15-/m0/s1. The summed E-state index contributed by atoms with van der Waals surface area (Å²) in [7, 11) is 0. The van der Waals surface area contributed by atoms with E-state index in [1.807, 2.05) is 18.2 Å². The van der Waals surface area contributed by atoms with Crippen molar-refractivity contribution < 1.29 is 4.79 Å². The molecule has 2 aliphatic rings. The highest BCUT2D eigenvalue weighted by Gasteiger charge is 2.26. The first-order valence-electron chi connectivity index (χ1n) is 7.45.